The minimum absolute atomic E-state index is 0.0271. The summed E-state index contributed by atoms with van der Waals surface area (Å²) in [6.45, 7) is 5.37. The minimum Gasteiger partial charge on any atom is -0.370 e. The fourth-order valence-corrected chi connectivity index (χ4v) is 5.68. The van der Waals surface area contributed by atoms with Crippen molar-refractivity contribution in [3.05, 3.63) is 69.2 Å². The average Bonchev–Trinajstić information content (AvgIpc) is 3.57. The number of nitrogens with one attached hydrogen (secondary N) is 1. The van der Waals surface area contributed by atoms with Gasteiger partial charge in [-0.25, -0.2) is 0 Å². The van der Waals surface area contributed by atoms with Crippen molar-refractivity contribution in [2.24, 2.45) is 13.0 Å². The smallest absolute Gasteiger partial charge is 0.263 e. The highest BCUT2D eigenvalue weighted by molar-refractivity contribution is 7.10. The first-order valence-electron chi connectivity index (χ1n) is 11.9. The Hall–Kier alpha value is -3.46. The zero-order valence-corrected chi connectivity index (χ0v) is 21.0. The highest BCUT2D eigenvalue weighted by atomic mass is 32.1. The molecule has 1 saturated heterocycles. The van der Waals surface area contributed by atoms with Gasteiger partial charge in [-0.2, -0.15) is 5.10 Å². The molecule has 0 spiro atoms. The van der Waals surface area contributed by atoms with Crippen LogP contribution in [0.4, 0.5) is 5.69 Å². The molecular formula is C26H29N5O3S. The number of aromatic nitrogens is 2. The molecule has 4 heterocycles. The molecule has 0 bridgehead atoms. The summed E-state index contributed by atoms with van der Waals surface area (Å²) in [5, 5.41) is 9.38. The van der Waals surface area contributed by atoms with E-state index in [2.05, 4.69) is 15.3 Å². The molecule has 0 aliphatic carbocycles. The Morgan fingerprint density at radius 1 is 1.23 bits per heavy atom. The number of nitrogens with zero attached hydrogens (tertiary/aromatic N) is 4. The lowest BCUT2D eigenvalue weighted by Gasteiger charge is -2.35. The lowest BCUT2D eigenvalue weighted by atomic mass is 9.95. The van der Waals surface area contributed by atoms with Crippen LogP contribution in [0.25, 0.3) is 0 Å². The number of amides is 3. The van der Waals surface area contributed by atoms with Gasteiger partial charge >= 0.3 is 0 Å². The fraction of sp³-hybridized carbons (Fsp3) is 0.385. The summed E-state index contributed by atoms with van der Waals surface area (Å²) in [4.78, 5) is 44.2. The Labute approximate surface area is 208 Å². The van der Waals surface area contributed by atoms with Crippen LogP contribution in [-0.2, 0) is 18.4 Å². The fourth-order valence-electron chi connectivity index (χ4n) is 4.94. The van der Waals surface area contributed by atoms with Gasteiger partial charge in [-0.1, -0.05) is 12.1 Å². The predicted molar refractivity (Wildman–Crippen MR) is 134 cm³/mol. The van der Waals surface area contributed by atoms with Crippen LogP contribution in [0, 0.1) is 12.8 Å². The number of carbonyl (C=O) groups excluding carboxylic acids is 3. The highest BCUT2D eigenvalue weighted by Gasteiger charge is 2.39. The van der Waals surface area contributed by atoms with E-state index >= 15 is 0 Å². The van der Waals surface area contributed by atoms with Gasteiger partial charge in [0.1, 0.15) is 0 Å². The van der Waals surface area contributed by atoms with Crippen molar-refractivity contribution in [1.29, 1.82) is 0 Å². The average molecular weight is 492 g/mol. The second kappa shape index (κ2) is 9.30. The molecule has 2 atom stereocenters. The molecule has 35 heavy (non-hydrogen) atoms. The third-order valence-corrected chi connectivity index (χ3v) is 8.16. The Kier molecular flexibility index (Phi) is 6.19. The van der Waals surface area contributed by atoms with E-state index in [1.54, 1.807) is 28.3 Å². The first kappa shape index (κ1) is 23.3. The molecule has 1 fully saturated rings. The van der Waals surface area contributed by atoms with Crippen molar-refractivity contribution >= 4 is 34.7 Å². The lowest BCUT2D eigenvalue weighted by Crippen LogP contribution is -2.44. The molecule has 2 aromatic heterocycles. The molecular weight excluding hydrogens is 462 g/mol. The summed E-state index contributed by atoms with van der Waals surface area (Å²) in [5.41, 5.74) is 3.36. The Bertz CT molecular complexity index is 1280. The van der Waals surface area contributed by atoms with Gasteiger partial charge in [0, 0.05) is 36.3 Å². The molecule has 9 heteroatoms. The van der Waals surface area contributed by atoms with E-state index in [9.17, 15) is 14.4 Å². The number of rotatable bonds is 6. The Morgan fingerprint density at radius 3 is 2.77 bits per heavy atom. The molecule has 5 rings (SSSR count). The highest BCUT2D eigenvalue weighted by Crippen LogP contribution is 2.35. The molecule has 1 N–H and O–H groups in total. The van der Waals surface area contributed by atoms with Gasteiger partial charge in [0.15, 0.2) is 0 Å². The number of thiophene rings is 1. The van der Waals surface area contributed by atoms with Gasteiger partial charge in [0.25, 0.3) is 11.8 Å². The molecule has 3 aromatic rings. The van der Waals surface area contributed by atoms with E-state index in [4.69, 9.17) is 0 Å². The number of fused-ring (bicyclic) bond motifs is 1. The number of benzene rings is 1. The summed E-state index contributed by atoms with van der Waals surface area (Å²) in [6.07, 6.45) is 3.34. The first-order chi connectivity index (χ1) is 16.8. The van der Waals surface area contributed by atoms with Crippen molar-refractivity contribution in [3.63, 3.8) is 0 Å². The third kappa shape index (κ3) is 4.25. The number of aryl methyl sites for hydroxylation is 1. The van der Waals surface area contributed by atoms with Crippen LogP contribution in [0.3, 0.4) is 0 Å². The van der Waals surface area contributed by atoms with Crippen molar-refractivity contribution in [1.82, 2.24) is 20.0 Å². The number of hydrogen-bond acceptors (Lipinski definition) is 6. The van der Waals surface area contributed by atoms with Gasteiger partial charge in [-0.15, -0.1) is 11.3 Å². The largest absolute Gasteiger partial charge is 0.370 e. The molecule has 2 aliphatic heterocycles. The second-order valence-corrected chi connectivity index (χ2v) is 10.3. The Morgan fingerprint density at radius 2 is 2.06 bits per heavy atom. The van der Waals surface area contributed by atoms with Crippen LogP contribution in [0.5, 0.6) is 0 Å². The van der Waals surface area contributed by atoms with Gasteiger partial charge in [-0.05, 0) is 50.3 Å². The standard InChI is InChI=1S/C26H29N5O3S/c1-16(22-10-6-12-35-22)28-24(32)18-7-5-11-30(14-18)21-9-4-8-20-23(21)26(34)31(25(20)33)15-19-13-27-29(3)17(19)2/h4,6,8-10,12-13,16,18H,5,7,11,14-15H2,1-3H3,(H,28,32)/t16-,18-/m0/s1. The maximum absolute atomic E-state index is 13.5. The molecule has 182 valence electrons. The summed E-state index contributed by atoms with van der Waals surface area (Å²) in [6, 6.07) is 9.39. The maximum Gasteiger partial charge on any atom is 0.263 e. The van der Waals surface area contributed by atoms with Crippen LogP contribution < -0.4 is 10.2 Å². The van der Waals surface area contributed by atoms with Crippen LogP contribution in [0.15, 0.2) is 41.9 Å². The van der Waals surface area contributed by atoms with Gasteiger partial charge < -0.3 is 10.2 Å². The second-order valence-electron chi connectivity index (χ2n) is 9.31. The SMILES string of the molecule is Cc1c(CN2C(=O)c3cccc(N4CCC[C@H](C(=O)N[C@@H](C)c5cccs5)C4)c3C2=O)cnn1C. The molecule has 2 aliphatic rings. The van der Waals surface area contributed by atoms with Gasteiger partial charge in [0.2, 0.25) is 5.91 Å². The van der Waals surface area contributed by atoms with E-state index in [1.165, 1.54) is 4.90 Å². The van der Waals surface area contributed by atoms with Crippen LogP contribution in [0.1, 0.15) is 62.7 Å². The summed E-state index contributed by atoms with van der Waals surface area (Å²) in [7, 11) is 1.84. The number of piperidine rings is 1. The van der Waals surface area contributed by atoms with E-state index in [-0.39, 0.29) is 36.2 Å². The topological polar surface area (TPSA) is 87.5 Å². The summed E-state index contributed by atoms with van der Waals surface area (Å²) in [5.74, 6) is -0.726. The molecule has 3 amide bonds. The molecule has 0 saturated carbocycles. The van der Waals surface area contributed by atoms with Gasteiger partial charge in [-0.3, -0.25) is 24.0 Å². The summed E-state index contributed by atoms with van der Waals surface area (Å²) < 4.78 is 1.73. The molecule has 1 aromatic carbocycles. The van der Waals surface area contributed by atoms with E-state index in [0.717, 1.165) is 41.2 Å². The van der Waals surface area contributed by atoms with E-state index in [1.807, 2.05) is 50.5 Å². The van der Waals surface area contributed by atoms with Crippen molar-refractivity contribution in [2.45, 2.75) is 39.3 Å². The van der Waals surface area contributed by atoms with Crippen LogP contribution in [-0.4, -0.2) is 45.5 Å². The maximum atomic E-state index is 13.5. The number of hydrogen-bond donors (Lipinski definition) is 1. The lowest BCUT2D eigenvalue weighted by molar-refractivity contribution is -0.125. The van der Waals surface area contributed by atoms with Crippen LogP contribution >= 0.6 is 11.3 Å². The number of anilines is 1. The predicted octanol–water partition coefficient (Wildman–Crippen LogP) is 3.68. The Balaban J connectivity index is 1.35. The van der Waals surface area contributed by atoms with E-state index < -0.39 is 0 Å². The van der Waals surface area contributed by atoms with Crippen molar-refractivity contribution in [3.8, 4) is 0 Å². The molecule has 0 radical (unpaired) electrons. The number of imide groups is 1. The number of carbonyl (C=O) groups is 3. The zero-order chi connectivity index (χ0) is 24.7. The normalized spacial score (nSPS) is 18.7. The molecule has 8 nitrogen and oxygen atoms in total. The minimum atomic E-state index is -0.290. The first-order valence-corrected chi connectivity index (χ1v) is 12.8. The van der Waals surface area contributed by atoms with Crippen LogP contribution in [0.2, 0.25) is 0 Å². The van der Waals surface area contributed by atoms with Crippen molar-refractivity contribution < 1.29 is 14.4 Å². The summed E-state index contributed by atoms with van der Waals surface area (Å²) >= 11 is 1.63. The third-order valence-electron chi connectivity index (χ3n) is 7.10. The van der Waals surface area contributed by atoms with Gasteiger partial charge in [0.05, 0.1) is 41.5 Å². The molecule has 0 unspecified atom stereocenters. The van der Waals surface area contributed by atoms with Crippen molar-refractivity contribution in [2.75, 3.05) is 18.0 Å². The zero-order valence-electron chi connectivity index (χ0n) is 20.2. The quantitative estimate of drug-likeness (QED) is 0.532. The monoisotopic (exact) mass is 491 g/mol. The van der Waals surface area contributed by atoms with E-state index in [0.29, 0.717) is 17.7 Å².